The molecule has 0 aromatic heterocycles. The number of sulfonamides is 1. The van der Waals surface area contributed by atoms with Crippen molar-refractivity contribution in [2.75, 3.05) is 16.6 Å². The van der Waals surface area contributed by atoms with Crippen LogP contribution < -0.4 is 10.0 Å². The molecule has 0 fully saturated rings. The fourth-order valence-corrected chi connectivity index (χ4v) is 4.20. The molecule has 2 N–H and O–H groups in total. The van der Waals surface area contributed by atoms with Gasteiger partial charge in [0, 0.05) is 5.56 Å². The Morgan fingerprint density at radius 2 is 1.66 bits per heavy atom. The number of carbonyl (C=O) groups excluding carboxylic acids is 2. The van der Waals surface area contributed by atoms with Gasteiger partial charge >= 0.3 is 5.97 Å². The summed E-state index contributed by atoms with van der Waals surface area (Å²) in [4.78, 5) is 24.9. The van der Waals surface area contributed by atoms with Crippen molar-refractivity contribution in [1.29, 1.82) is 0 Å². The zero-order valence-electron chi connectivity index (χ0n) is 17.4. The van der Waals surface area contributed by atoms with Crippen LogP contribution >= 0.6 is 11.6 Å². The summed E-state index contributed by atoms with van der Waals surface area (Å²) < 4.78 is 32.6. The van der Waals surface area contributed by atoms with E-state index >= 15 is 0 Å². The maximum Gasteiger partial charge on any atom is 0.340 e. The number of esters is 1. The highest BCUT2D eigenvalue weighted by Gasteiger charge is 2.18. The second-order valence-electron chi connectivity index (χ2n) is 6.83. The molecule has 3 rings (SSSR count). The van der Waals surface area contributed by atoms with E-state index in [-0.39, 0.29) is 39.0 Å². The number of aryl methyl sites for hydroxylation is 1. The molecule has 0 heterocycles. The van der Waals surface area contributed by atoms with Crippen LogP contribution in [-0.2, 0) is 14.8 Å². The number of anilines is 2. The van der Waals surface area contributed by atoms with Crippen LogP contribution in [0.2, 0.25) is 5.02 Å². The molecule has 0 spiro atoms. The van der Waals surface area contributed by atoms with Gasteiger partial charge in [0.1, 0.15) is 0 Å². The molecule has 0 aliphatic heterocycles. The van der Waals surface area contributed by atoms with Crippen LogP contribution in [0.1, 0.15) is 33.2 Å². The van der Waals surface area contributed by atoms with Gasteiger partial charge in [-0.05, 0) is 56.3 Å². The number of para-hydroxylation sites is 1. The van der Waals surface area contributed by atoms with E-state index in [2.05, 4.69) is 10.0 Å². The van der Waals surface area contributed by atoms with Crippen LogP contribution in [0.5, 0.6) is 0 Å². The van der Waals surface area contributed by atoms with Crippen molar-refractivity contribution in [1.82, 2.24) is 0 Å². The van der Waals surface area contributed by atoms with Crippen molar-refractivity contribution in [3.05, 3.63) is 88.4 Å². The highest BCUT2D eigenvalue weighted by Crippen LogP contribution is 2.27. The fourth-order valence-electron chi connectivity index (χ4n) is 2.83. The largest absolute Gasteiger partial charge is 0.462 e. The van der Waals surface area contributed by atoms with E-state index in [1.165, 1.54) is 30.3 Å². The minimum absolute atomic E-state index is 0.0482. The van der Waals surface area contributed by atoms with E-state index in [4.69, 9.17) is 16.3 Å². The van der Waals surface area contributed by atoms with Gasteiger partial charge in [-0.1, -0.05) is 41.4 Å². The molecular weight excluding hydrogens is 452 g/mol. The predicted octanol–water partition coefficient (Wildman–Crippen LogP) is 4.88. The smallest absolute Gasteiger partial charge is 0.340 e. The number of halogens is 1. The molecule has 3 aromatic rings. The first-order valence-electron chi connectivity index (χ1n) is 9.68. The van der Waals surface area contributed by atoms with Crippen molar-refractivity contribution >= 4 is 44.9 Å². The lowest BCUT2D eigenvalue weighted by atomic mass is 10.1. The number of hydrogen-bond acceptors (Lipinski definition) is 5. The molecule has 0 bridgehead atoms. The molecule has 0 aliphatic carbocycles. The Labute approximate surface area is 191 Å². The average molecular weight is 473 g/mol. The molecule has 166 valence electrons. The topological polar surface area (TPSA) is 102 Å². The van der Waals surface area contributed by atoms with Crippen LogP contribution in [0.15, 0.2) is 71.6 Å². The molecule has 0 unspecified atom stereocenters. The lowest BCUT2D eigenvalue weighted by molar-refractivity contribution is 0.0527. The molecule has 0 aliphatic rings. The average Bonchev–Trinajstić information content (AvgIpc) is 2.76. The van der Waals surface area contributed by atoms with Gasteiger partial charge < -0.3 is 10.1 Å². The van der Waals surface area contributed by atoms with Gasteiger partial charge in [0.25, 0.3) is 15.9 Å². The predicted molar refractivity (Wildman–Crippen MR) is 124 cm³/mol. The standard InChI is InChI=1S/C23H21ClN2O5S/c1-3-31-23(28)18-6-4-5-7-20(18)25-22(27)16-10-13-21(19(24)14-16)26-32(29,30)17-11-8-15(2)9-12-17/h4-14,26H,3H2,1-2H3,(H,25,27). The van der Waals surface area contributed by atoms with Crippen molar-refractivity contribution in [3.8, 4) is 0 Å². The van der Waals surface area contributed by atoms with Crippen molar-refractivity contribution in [2.24, 2.45) is 0 Å². The number of hydrogen-bond donors (Lipinski definition) is 2. The molecule has 1 amide bonds. The van der Waals surface area contributed by atoms with Crippen molar-refractivity contribution in [2.45, 2.75) is 18.7 Å². The molecule has 0 saturated carbocycles. The van der Waals surface area contributed by atoms with Crippen LogP contribution in [0, 0.1) is 6.92 Å². The first-order chi connectivity index (χ1) is 15.2. The minimum Gasteiger partial charge on any atom is -0.462 e. The lowest BCUT2D eigenvalue weighted by Gasteiger charge is -2.12. The zero-order chi connectivity index (χ0) is 23.3. The zero-order valence-corrected chi connectivity index (χ0v) is 19.0. The third-order valence-electron chi connectivity index (χ3n) is 4.48. The fraction of sp³-hybridized carbons (Fsp3) is 0.130. The van der Waals surface area contributed by atoms with Crippen LogP contribution in [0.3, 0.4) is 0 Å². The number of carbonyl (C=O) groups is 2. The normalized spacial score (nSPS) is 11.0. The SMILES string of the molecule is CCOC(=O)c1ccccc1NC(=O)c1ccc(NS(=O)(=O)c2ccc(C)cc2)c(Cl)c1. The third kappa shape index (κ3) is 5.46. The first-order valence-corrected chi connectivity index (χ1v) is 11.5. The molecule has 0 atom stereocenters. The monoisotopic (exact) mass is 472 g/mol. The Morgan fingerprint density at radius 1 is 0.969 bits per heavy atom. The molecular formula is C23H21ClN2O5S. The van der Waals surface area contributed by atoms with Crippen LogP contribution in [-0.4, -0.2) is 26.9 Å². The quantitative estimate of drug-likeness (QED) is 0.477. The Balaban J connectivity index is 1.79. The summed E-state index contributed by atoms with van der Waals surface area (Å²) in [6, 6.07) is 17.0. The molecule has 32 heavy (non-hydrogen) atoms. The summed E-state index contributed by atoms with van der Waals surface area (Å²) >= 11 is 6.24. The van der Waals surface area contributed by atoms with E-state index < -0.39 is 21.9 Å². The van der Waals surface area contributed by atoms with E-state index in [9.17, 15) is 18.0 Å². The minimum atomic E-state index is -3.84. The summed E-state index contributed by atoms with van der Waals surface area (Å²) in [6.07, 6.45) is 0. The van der Waals surface area contributed by atoms with Crippen molar-refractivity contribution in [3.63, 3.8) is 0 Å². The summed E-state index contributed by atoms with van der Waals surface area (Å²) in [5.41, 5.74) is 1.76. The third-order valence-corrected chi connectivity index (χ3v) is 6.17. The Kier molecular flexibility index (Phi) is 7.17. The highest BCUT2D eigenvalue weighted by molar-refractivity contribution is 7.92. The van der Waals surface area contributed by atoms with Gasteiger partial charge in [0.05, 0.1) is 33.5 Å². The van der Waals surface area contributed by atoms with E-state index in [1.54, 1.807) is 43.3 Å². The molecule has 0 radical (unpaired) electrons. The number of rotatable bonds is 7. The summed E-state index contributed by atoms with van der Waals surface area (Å²) in [5.74, 6) is -1.07. The van der Waals surface area contributed by atoms with E-state index in [0.717, 1.165) is 5.56 Å². The van der Waals surface area contributed by atoms with Gasteiger partial charge in [-0.2, -0.15) is 0 Å². The Hall–Kier alpha value is -3.36. The molecule has 7 nitrogen and oxygen atoms in total. The highest BCUT2D eigenvalue weighted by atomic mass is 35.5. The van der Waals surface area contributed by atoms with E-state index in [1.807, 2.05) is 6.92 Å². The lowest BCUT2D eigenvalue weighted by Crippen LogP contribution is -2.16. The van der Waals surface area contributed by atoms with E-state index in [0.29, 0.717) is 0 Å². The van der Waals surface area contributed by atoms with Gasteiger partial charge in [-0.25, -0.2) is 13.2 Å². The van der Waals surface area contributed by atoms with Crippen LogP contribution in [0.25, 0.3) is 0 Å². The number of ether oxygens (including phenoxy) is 1. The number of nitrogens with one attached hydrogen (secondary N) is 2. The van der Waals surface area contributed by atoms with Gasteiger partial charge in [-0.3, -0.25) is 9.52 Å². The van der Waals surface area contributed by atoms with Gasteiger partial charge in [0.15, 0.2) is 0 Å². The molecule has 9 heteroatoms. The Bertz CT molecular complexity index is 1260. The maximum absolute atomic E-state index is 12.7. The van der Waals surface area contributed by atoms with Gasteiger partial charge in [-0.15, -0.1) is 0 Å². The van der Waals surface area contributed by atoms with Gasteiger partial charge in [0.2, 0.25) is 0 Å². The summed E-state index contributed by atoms with van der Waals surface area (Å²) in [7, 11) is -3.84. The second-order valence-corrected chi connectivity index (χ2v) is 8.92. The maximum atomic E-state index is 12.7. The summed E-state index contributed by atoms with van der Waals surface area (Å²) in [5, 5.41) is 2.70. The summed E-state index contributed by atoms with van der Waals surface area (Å²) in [6.45, 7) is 3.75. The van der Waals surface area contributed by atoms with Crippen LogP contribution in [0.4, 0.5) is 11.4 Å². The van der Waals surface area contributed by atoms with Crippen molar-refractivity contribution < 1.29 is 22.7 Å². The second kappa shape index (κ2) is 9.84. The molecule has 3 aromatic carbocycles. The molecule has 0 saturated heterocycles. The Morgan fingerprint density at radius 3 is 2.31 bits per heavy atom. The first kappa shape index (κ1) is 23.3. The number of amides is 1. The number of benzene rings is 3.